The number of hydrogen-bond acceptors (Lipinski definition) is 5. The van der Waals surface area contributed by atoms with E-state index in [0.29, 0.717) is 0 Å². The molecule has 0 aliphatic rings. The van der Waals surface area contributed by atoms with Gasteiger partial charge in [-0.3, -0.25) is 0 Å². The fraction of sp³-hybridized carbons (Fsp3) is 0.125. The van der Waals surface area contributed by atoms with Crippen LogP contribution < -0.4 is 118 Å². The summed E-state index contributed by atoms with van der Waals surface area (Å²) < 4.78 is 4.86. The average Bonchev–Trinajstić information content (AvgIpc) is 2.05. The third-order valence-corrected chi connectivity index (χ3v) is 1.07. The van der Waals surface area contributed by atoms with Crippen LogP contribution in [0.2, 0.25) is 0 Å². The third-order valence-electron chi connectivity index (χ3n) is 1.07. The molecule has 0 saturated heterocycles. The number of methoxy groups -OCH3 is 1. The number of ether oxygens (including phenoxy) is 1. The predicted molar refractivity (Wildman–Crippen MR) is 40.1 cm³/mol. The number of phenolic OH excluding ortho intramolecular Hbond substituents is 1. The van der Waals surface area contributed by atoms with E-state index >= 15 is 0 Å². The molecular weight excluding hydrogens is 254 g/mol. The summed E-state index contributed by atoms with van der Waals surface area (Å²) >= 11 is 0. The Morgan fingerprint density at radius 3 is 1.80 bits per heavy atom. The van der Waals surface area contributed by atoms with Crippen molar-refractivity contribution in [3.05, 3.63) is 24.3 Å². The molecule has 0 heterocycles. The fourth-order valence-electron chi connectivity index (χ4n) is 0.582. The standard InChI is InChI=1S/C7H8O2.CH2O3.2K/c1-9-7-4-2-6(8)3-5-7;2-1(3)4;;/h2-5,8H,1H3;(H2,2,3,4);;/q;;2*+1/p-2. The zero-order chi connectivity index (χ0) is 10.3. The van der Waals surface area contributed by atoms with Crippen molar-refractivity contribution in [1.29, 1.82) is 0 Å². The van der Waals surface area contributed by atoms with Crippen LogP contribution in [0.15, 0.2) is 24.3 Å². The van der Waals surface area contributed by atoms with Crippen LogP contribution in [0, 0.1) is 0 Å². The molecule has 0 amide bonds. The molecule has 0 atom stereocenters. The minimum Gasteiger partial charge on any atom is -0.652 e. The maximum Gasteiger partial charge on any atom is 1.00 e. The van der Waals surface area contributed by atoms with Gasteiger partial charge >= 0.3 is 103 Å². The number of aromatic hydroxyl groups is 1. The molecule has 1 aromatic rings. The van der Waals surface area contributed by atoms with Crippen LogP contribution in [0.1, 0.15) is 0 Å². The molecule has 15 heavy (non-hydrogen) atoms. The SMILES string of the molecule is COc1ccc(O)cc1.O=C([O-])[O-].[K+].[K+]. The van der Waals surface area contributed by atoms with E-state index in [1.54, 1.807) is 31.4 Å². The minimum absolute atomic E-state index is 0. The molecule has 0 unspecified atom stereocenters. The van der Waals surface area contributed by atoms with Gasteiger partial charge in [-0.15, -0.1) is 0 Å². The Labute approximate surface area is 173 Å². The fourth-order valence-corrected chi connectivity index (χ4v) is 0.582. The zero-order valence-corrected chi connectivity index (χ0v) is 15.1. The number of hydrogen-bond donors (Lipinski definition) is 1. The van der Waals surface area contributed by atoms with Crippen molar-refractivity contribution in [2.45, 2.75) is 0 Å². The first-order valence-corrected chi connectivity index (χ1v) is 3.27. The minimum atomic E-state index is -2.33. The summed E-state index contributed by atoms with van der Waals surface area (Å²) in [7, 11) is 1.59. The summed E-state index contributed by atoms with van der Waals surface area (Å²) in [5.41, 5.74) is 0. The number of carbonyl (C=O) groups is 1. The maximum atomic E-state index is 8.80. The van der Waals surface area contributed by atoms with Crippen molar-refractivity contribution in [1.82, 2.24) is 0 Å². The van der Waals surface area contributed by atoms with Crippen molar-refractivity contribution in [3.8, 4) is 11.5 Å². The molecule has 72 valence electrons. The van der Waals surface area contributed by atoms with E-state index in [-0.39, 0.29) is 109 Å². The Morgan fingerprint density at radius 1 is 1.20 bits per heavy atom. The molecule has 0 spiro atoms. The second-order valence-corrected chi connectivity index (χ2v) is 1.95. The predicted octanol–water partition coefficient (Wildman–Crippen LogP) is -7.04. The largest absolute Gasteiger partial charge is 1.00 e. The molecule has 7 heteroatoms. The second kappa shape index (κ2) is 13.4. The maximum absolute atomic E-state index is 8.80. The summed E-state index contributed by atoms with van der Waals surface area (Å²) in [5.74, 6) is 1.02. The molecule has 0 aromatic heterocycles. The molecule has 0 fully saturated rings. The van der Waals surface area contributed by atoms with E-state index < -0.39 is 6.16 Å². The average molecular weight is 262 g/mol. The van der Waals surface area contributed by atoms with Gasteiger partial charge < -0.3 is 24.9 Å². The second-order valence-electron chi connectivity index (χ2n) is 1.95. The van der Waals surface area contributed by atoms with Crippen LogP contribution >= 0.6 is 0 Å². The van der Waals surface area contributed by atoms with Gasteiger partial charge in [-0.25, -0.2) is 0 Å². The molecule has 0 saturated carbocycles. The van der Waals surface area contributed by atoms with Crippen LogP contribution in [0.5, 0.6) is 11.5 Å². The number of rotatable bonds is 1. The van der Waals surface area contributed by atoms with E-state index in [9.17, 15) is 0 Å². The summed E-state index contributed by atoms with van der Waals surface area (Å²) in [4.78, 5) is 8.33. The van der Waals surface area contributed by atoms with E-state index in [4.69, 9.17) is 24.9 Å². The van der Waals surface area contributed by atoms with Crippen molar-refractivity contribution >= 4 is 6.16 Å². The summed E-state index contributed by atoms with van der Waals surface area (Å²) in [6, 6.07) is 6.57. The van der Waals surface area contributed by atoms with Crippen molar-refractivity contribution in [2.24, 2.45) is 0 Å². The summed E-state index contributed by atoms with van der Waals surface area (Å²) in [5, 5.41) is 25.5. The third kappa shape index (κ3) is 15.4. The molecular formula is C8H8K2O5. The van der Waals surface area contributed by atoms with Crippen LogP contribution in [0.4, 0.5) is 4.79 Å². The Morgan fingerprint density at radius 2 is 1.53 bits per heavy atom. The van der Waals surface area contributed by atoms with E-state index in [0.717, 1.165) is 5.75 Å². The number of benzene rings is 1. The quantitative estimate of drug-likeness (QED) is 0.508. The first-order chi connectivity index (χ1) is 6.06. The number of carboxylic acid groups (broad SMARTS) is 2. The van der Waals surface area contributed by atoms with Crippen LogP contribution in [0.3, 0.4) is 0 Å². The van der Waals surface area contributed by atoms with Gasteiger partial charge in [0.25, 0.3) is 0 Å². The van der Waals surface area contributed by atoms with Crippen LogP contribution in [0.25, 0.3) is 0 Å². The van der Waals surface area contributed by atoms with Gasteiger partial charge in [0.05, 0.1) is 7.11 Å². The van der Waals surface area contributed by atoms with Gasteiger partial charge in [0.2, 0.25) is 0 Å². The molecule has 1 N–H and O–H groups in total. The van der Waals surface area contributed by atoms with Crippen molar-refractivity contribution < 1.29 is 128 Å². The molecule has 0 aliphatic heterocycles. The number of phenols is 1. The van der Waals surface area contributed by atoms with E-state index in [2.05, 4.69) is 0 Å². The van der Waals surface area contributed by atoms with Crippen LogP contribution in [-0.2, 0) is 0 Å². The monoisotopic (exact) mass is 262 g/mol. The van der Waals surface area contributed by atoms with Gasteiger partial charge in [-0.1, -0.05) is 0 Å². The molecule has 5 nitrogen and oxygen atoms in total. The number of carbonyl (C=O) groups excluding carboxylic acids is 1. The van der Waals surface area contributed by atoms with Gasteiger partial charge in [0, 0.05) is 0 Å². The van der Waals surface area contributed by atoms with E-state index in [1.165, 1.54) is 0 Å². The van der Waals surface area contributed by atoms with Crippen molar-refractivity contribution in [2.75, 3.05) is 7.11 Å². The zero-order valence-electron chi connectivity index (χ0n) is 8.89. The summed E-state index contributed by atoms with van der Waals surface area (Å²) in [6.45, 7) is 0. The first kappa shape index (κ1) is 21.6. The Balaban J connectivity index is -0.000000213. The molecule has 0 bridgehead atoms. The topological polar surface area (TPSA) is 92.7 Å². The Kier molecular flexibility index (Phi) is 19.4. The smallest absolute Gasteiger partial charge is 0.652 e. The van der Waals surface area contributed by atoms with Crippen molar-refractivity contribution in [3.63, 3.8) is 0 Å². The van der Waals surface area contributed by atoms with Gasteiger partial charge in [0.1, 0.15) is 11.5 Å². The Bertz CT molecular complexity index is 258. The normalized spacial score (nSPS) is 7.00. The van der Waals surface area contributed by atoms with Crippen LogP contribution in [-0.4, -0.2) is 18.4 Å². The first-order valence-electron chi connectivity index (χ1n) is 3.27. The Hall–Kier alpha value is 1.36. The van der Waals surface area contributed by atoms with Gasteiger partial charge in [0.15, 0.2) is 0 Å². The summed E-state index contributed by atoms with van der Waals surface area (Å²) in [6.07, 6.45) is -2.33. The van der Waals surface area contributed by atoms with Gasteiger partial charge in [-0.05, 0) is 30.4 Å². The van der Waals surface area contributed by atoms with Gasteiger partial charge in [-0.2, -0.15) is 0 Å². The molecule has 0 radical (unpaired) electrons. The molecule has 0 aliphatic carbocycles. The van der Waals surface area contributed by atoms with E-state index in [1.807, 2.05) is 0 Å². The molecule has 1 aromatic carbocycles. The molecule has 1 rings (SSSR count).